The molecule has 3 N–H and O–H groups in total. The molecular weight excluding hydrogens is 400 g/mol. The van der Waals surface area contributed by atoms with Gasteiger partial charge in [-0.05, 0) is 51.2 Å². The molecule has 32 heavy (non-hydrogen) atoms. The average molecular weight is 435 g/mol. The van der Waals surface area contributed by atoms with Crippen LogP contribution in [0.1, 0.15) is 57.5 Å². The van der Waals surface area contributed by atoms with E-state index in [1.807, 2.05) is 51.2 Å². The van der Waals surface area contributed by atoms with Crippen LogP contribution in [-0.4, -0.2) is 28.2 Å². The molecule has 1 unspecified atom stereocenters. The lowest BCUT2D eigenvalue weighted by molar-refractivity contribution is 0.0527. The zero-order valence-corrected chi connectivity index (χ0v) is 19.2. The number of carbonyl (C=O) groups is 1. The van der Waals surface area contributed by atoms with Crippen molar-refractivity contribution in [1.29, 1.82) is 0 Å². The lowest BCUT2D eigenvalue weighted by Crippen LogP contribution is -2.33. The van der Waals surface area contributed by atoms with Gasteiger partial charge in [-0.2, -0.15) is 0 Å². The number of nitrogens with one attached hydrogen (secondary N) is 3. The maximum atomic E-state index is 11.8. The number of carbonyl (C=O) groups excluding carboxylic acids is 1. The second-order valence-corrected chi connectivity index (χ2v) is 8.89. The Morgan fingerprint density at radius 2 is 1.72 bits per heavy atom. The molecule has 6 nitrogen and oxygen atoms in total. The van der Waals surface area contributed by atoms with Crippen molar-refractivity contribution < 1.29 is 9.53 Å². The first-order valence-corrected chi connectivity index (χ1v) is 11.3. The molecule has 0 aliphatic heterocycles. The van der Waals surface area contributed by atoms with E-state index in [0.29, 0.717) is 6.54 Å². The summed E-state index contributed by atoms with van der Waals surface area (Å²) in [5.74, 6) is 0.930. The number of amides is 1. The van der Waals surface area contributed by atoms with Crippen molar-refractivity contribution in [2.75, 3.05) is 6.54 Å². The summed E-state index contributed by atoms with van der Waals surface area (Å²) in [7, 11) is 0. The summed E-state index contributed by atoms with van der Waals surface area (Å²) in [4.78, 5) is 20.0. The van der Waals surface area contributed by atoms with Crippen LogP contribution in [0.25, 0.3) is 11.3 Å². The molecule has 0 bridgehead atoms. The monoisotopic (exact) mass is 434 g/mol. The Labute approximate surface area is 190 Å². The Morgan fingerprint density at radius 3 is 2.41 bits per heavy atom. The maximum Gasteiger partial charge on any atom is 0.407 e. The predicted octanol–water partition coefficient (Wildman–Crippen LogP) is 5.60. The fourth-order valence-electron chi connectivity index (χ4n) is 3.43. The zero-order valence-electron chi connectivity index (χ0n) is 19.2. The molecule has 1 aromatic heterocycles. The third kappa shape index (κ3) is 7.85. The zero-order chi connectivity index (χ0) is 22.8. The van der Waals surface area contributed by atoms with Gasteiger partial charge in [0.2, 0.25) is 0 Å². The molecular formula is C26H34N4O2. The Balaban J connectivity index is 1.56. The van der Waals surface area contributed by atoms with Crippen LogP contribution in [0, 0.1) is 0 Å². The number of hydrogen-bond acceptors (Lipinski definition) is 4. The average Bonchev–Trinajstić information content (AvgIpc) is 3.26. The summed E-state index contributed by atoms with van der Waals surface area (Å²) in [5, 5.41) is 6.47. The van der Waals surface area contributed by atoms with E-state index in [0.717, 1.165) is 42.9 Å². The topological polar surface area (TPSA) is 79.0 Å². The van der Waals surface area contributed by atoms with E-state index in [4.69, 9.17) is 4.74 Å². The fraction of sp³-hybridized carbons (Fsp3) is 0.385. The van der Waals surface area contributed by atoms with Crippen molar-refractivity contribution in [3.05, 3.63) is 78.2 Å². The number of ether oxygens (including phenoxy) is 1. The number of unbranched alkanes of at least 4 members (excludes halogenated alkanes) is 1. The van der Waals surface area contributed by atoms with Crippen molar-refractivity contribution in [3.63, 3.8) is 0 Å². The summed E-state index contributed by atoms with van der Waals surface area (Å²) in [5.41, 5.74) is 2.89. The largest absolute Gasteiger partial charge is 0.444 e. The molecule has 1 atom stereocenters. The molecule has 0 fully saturated rings. The van der Waals surface area contributed by atoms with Crippen LogP contribution in [-0.2, 0) is 11.3 Å². The number of alkyl carbamates (subject to hydrolysis) is 1. The number of aromatic amines is 1. The second kappa shape index (κ2) is 11.5. The van der Waals surface area contributed by atoms with Crippen LogP contribution in [0.4, 0.5) is 4.79 Å². The van der Waals surface area contributed by atoms with Gasteiger partial charge in [0.05, 0.1) is 17.9 Å². The van der Waals surface area contributed by atoms with Crippen molar-refractivity contribution in [1.82, 2.24) is 20.6 Å². The first-order chi connectivity index (χ1) is 15.4. The van der Waals surface area contributed by atoms with Gasteiger partial charge in [-0.15, -0.1) is 0 Å². The summed E-state index contributed by atoms with van der Waals surface area (Å²) in [6.45, 7) is 6.95. The van der Waals surface area contributed by atoms with Crippen molar-refractivity contribution >= 4 is 6.09 Å². The molecule has 0 aliphatic rings. The van der Waals surface area contributed by atoms with Gasteiger partial charge in [0.15, 0.2) is 0 Å². The smallest absolute Gasteiger partial charge is 0.407 e. The van der Waals surface area contributed by atoms with Gasteiger partial charge in [0.1, 0.15) is 11.4 Å². The highest BCUT2D eigenvalue weighted by Crippen LogP contribution is 2.22. The number of aromatic nitrogens is 2. The van der Waals surface area contributed by atoms with Gasteiger partial charge >= 0.3 is 6.09 Å². The van der Waals surface area contributed by atoms with E-state index in [9.17, 15) is 4.79 Å². The van der Waals surface area contributed by atoms with Gasteiger partial charge in [-0.25, -0.2) is 9.78 Å². The minimum Gasteiger partial charge on any atom is -0.444 e. The normalized spacial score (nSPS) is 12.3. The first-order valence-electron chi connectivity index (χ1n) is 11.3. The molecule has 0 radical (unpaired) electrons. The number of imidazole rings is 1. The SMILES string of the molecule is CC(C)(C)OC(=O)NCCCCC(NCc1ccccc1)c1ncc(-c2ccccc2)[nH]1. The number of H-pyrrole nitrogens is 1. The molecule has 6 heteroatoms. The highest BCUT2D eigenvalue weighted by Gasteiger charge is 2.17. The van der Waals surface area contributed by atoms with Crippen molar-refractivity contribution in [3.8, 4) is 11.3 Å². The second-order valence-electron chi connectivity index (χ2n) is 8.89. The Kier molecular flexibility index (Phi) is 8.45. The minimum atomic E-state index is -0.480. The van der Waals surface area contributed by atoms with Crippen LogP contribution in [0.2, 0.25) is 0 Å². The van der Waals surface area contributed by atoms with Gasteiger partial charge in [-0.1, -0.05) is 60.7 Å². The molecule has 0 saturated carbocycles. The molecule has 0 aliphatic carbocycles. The van der Waals surface area contributed by atoms with Gasteiger partial charge in [0, 0.05) is 13.1 Å². The highest BCUT2D eigenvalue weighted by molar-refractivity contribution is 5.67. The Hall–Kier alpha value is -3.12. The molecule has 0 saturated heterocycles. The van der Waals surface area contributed by atoms with E-state index in [-0.39, 0.29) is 12.1 Å². The van der Waals surface area contributed by atoms with Gasteiger partial charge < -0.3 is 20.4 Å². The predicted molar refractivity (Wildman–Crippen MR) is 128 cm³/mol. The lowest BCUT2D eigenvalue weighted by Gasteiger charge is -2.20. The van der Waals surface area contributed by atoms with E-state index >= 15 is 0 Å². The standard InChI is InChI=1S/C26H34N4O2/c1-26(2,3)32-25(31)27-17-11-10-16-22(28-18-20-12-6-4-7-13-20)24-29-19-23(30-24)21-14-8-5-9-15-21/h4-9,12-15,19,22,28H,10-11,16-18H2,1-3H3,(H,27,31)(H,29,30). The van der Waals surface area contributed by atoms with E-state index in [2.05, 4.69) is 57.0 Å². The molecule has 3 aromatic rings. The summed E-state index contributed by atoms with van der Waals surface area (Å²) in [6, 6.07) is 20.7. The van der Waals surface area contributed by atoms with E-state index in [1.54, 1.807) is 0 Å². The number of benzene rings is 2. The summed E-state index contributed by atoms with van der Waals surface area (Å²) in [6.07, 6.45) is 4.25. The van der Waals surface area contributed by atoms with Gasteiger partial charge in [0.25, 0.3) is 0 Å². The minimum absolute atomic E-state index is 0.0918. The molecule has 0 spiro atoms. The molecule has 2 aromatic carbocycles. The highest BCUT2D eigenvalue weighted by atomic mass is 16.6. The quantitative estimate of drug-likeness (QED) is 0.363. The molecule has 1 heterocycles. The fourth-order valence-corrected chi connectivity index (χ4v) is 3.43. The third-order valence-electron chi connectivity index (χ3n) is 4.99. The van der Waals surface area contributed by atoms with Crippen LogP contribution >= 0.6 is 0 Å². The van der Waals surface area contributed by atoms with Crippen LogP contribution in [0.15, 0.2) is 66.9 Å². The molecule has 1 amide bonds. The van der Waals surface area contributed by atoms with Crippen LogP contribution in [0.5, 0.6) is 0 Å². The summed E-state index contributed by atoms with van der Waals surface area (Å²) < 4.78 is 5.29. The van der Waals surface area contributed by atoms with Crippen LogP contribution in [0.3, 0.4) is 0 Å². The van der Waals surface area contributed by atoms with Crippen molar-refractivity contribution in [2.45, 2.75) is 58.2 Å². The van der Waals surface area contributed by atoms with Crippen LogP contribution < -0.4 is 10.6 Å². The van der Waals surface area contributed by atoms with E-state index in [1.165, 1.54) is 5.56 Å². The van der Waals surface area contributed by atoms with Gasteiger partial charge in [-0.3, -0.25) is 0 Å². The lowest BCUT2D eigenvalue weighted by atomic mass is 10.1. The Bertz CT molecular complexity index is 949. The molecule has 3 rings (SSSR count). The number of rotatable bonds is 10. The Morgan fingerprint density at radius 1 is 1.03 bits per heavy atom. The van der Waals surface area contributed by atoms with Crippen molar-refractivity contribution in [2.24, 2.45) is 0 Å². The van der Waals surface area contributed by atoms with E-state index < -0.39 is 5.60 Å². The first kappa shape index (κ1) is 23.5. The maximum absolute atomic E-state index is 11.8. The number of hydrogen-bond donors (Lipinski definition) is 3. The number of nitrogens with zero attached hydrogens (tertiary/aromatic N) is 1. The third-order valence-corrected chi connectivity index (χ3v) is 4.99. The molecule has 170 valence electrons. The summed E-state index contributed by atoms with van der Waals surface area (Å²) >= 11 is 0.